The summed E-state index contributed by atoms with van der Waals surface area (Å²) in [5, 5.41) is 10.4. The molecule has 542 valence electrons. The highest BCUT2D eigenvalue weighted by molar-refractivity contribution is 4.83. The van der Waals surface area contributed by atoms with Crippen molar-refractivity contribution in [2.24, 2.45) is 23.7 Å². The van der Waals surface area contributed by atoms with Gasteiger partial charge in [-0.05, 0) is 201 Å². The molecule has 0 amide bonds. The van der Waals surface area contributed by atoms with Crippen LogP contribution < -0.4 is 16.0 Å². The second-order valence-corrected chi connectivity index (χ2v) is 27.7. The summed E-state index contributed by atoms with van der Waals surface area (Å²) in [6.45, 7) is 55.2. The van der Waals surface area contributed by atoms with Gasteiger partial charge in [0.2, 0.25) is 0 Å². The lowest BCUT2D eigenvalue weighted by Crippen LogP contribution is -2.36. The summed E-state index contributed by atoms with van der Waals surface area (Å²) in [6, 6.07) is 0.752. The van der Waals surface area contributed by atoms with Crippen LogP contribution in [0.3, 0.4) is 0 Å². The van der Waals surface area contributed by atoms with Crippen LogP contribution in [0.1, 0.15) is 197 Å². The Bertz CT molecular complexity index is 1490. The van der Waals surface area contributed by atoms with E-state index in [0.717, 1.165) is 221 Å². The Hall–Kier alpha value is -0.680. The molecule has 4 saturated heterocycles. The Balaban J connectivity index is 0.000000286. The average Bonchev–Trinajstić information content (AvgIpc) is 4.06. The number of rotatable bonds is 49. The minimum atomic E-state index is 0.383. The van der Waals surface area contributed by atoms with Crippen molar-refractivity contribution in [1.29, 1.82) is 0 Å². The van der Waals surface area contributed by atoms with Crippen LogP contribution in [-0.4, -0.2) is 291 Å². The van der Waals surface area contributed by atoms with Gasteiger partial charge in [-0.15, -0.1) is 0 Å². The van der Waals surface area contributed by atoms with Crippen molar-refractivity contribution in [1.82, 2.24) is 45.3 Å². The molecular weight excluding hydrogens is 1140 g/mol. The van der Waals surface area contributed by atoms with Crippen molar-refractivity contribution in [3.8, 4) is 0 Å². The molecule has 4 aliphatic heterocycles. The van der Waals surface area contributed by atoms with E-state index in [-0.39, 0.29) is 0 Å². The minimum Gasteiger partial charge on any atom is -0.382 e. The number of ether oxygens (including phenoxy) is 8. The molecule has 0 spiro atoms. The molecular formula is C74H153N9O8. The molecule has 0 aromatic carbocycles. The van der Waals surface area contributed by atoms with Crippen molar-refractivity contribution in [3.63, 3.8) is 0 Å². The molecule has 3 N–H and O–H groups in total. The predicted molar refractivity (Wildman–Crippen MR) is 383 cm³/mol. The highest BCUT2D eigenvalue weighted by Crippen LogP contribution is 2.34. The smallest absolute Gasteiger partial charge is 0.0594 e. The van der Waals surface area contributed by atoms with Crippen LogP contribution in [0.25, 0.3) is 0 Å². The van der Waals surface area contributed by atoms with Crippen LogP contribution in [-0.2, 0) is 37.9 Å². The molecule has 17 nitrogen and oxygen atoms in total. The third-order valence-corrected chi connectivity index (χ3v) is 18.7. The molecule has 0 aromatic heterocycles. The largest absolute Gasteiger partial charge is 0.382 e. The van der Waals surface area contributed by atoms with Gasteiger partial charge in [0.15, 0.2) is 0 Å². The molecule has 91 heavy (non-hydrogen) atoms. The van der Waals surface area contributed by atoms with Gasteiger partial charge in [0, 0.05) is 144 Å². The van der Waals surface area contributed by atoms with Crippen molar-refractivity contribution in [2.45, 2.75) is 215 Å². The summed E-state index contributed by atoms with van der Waals surface area (Å²) in [6.07, 6.45) is 31.2. The average molecular weight is 1300 g/mol. The lowest BCUT2D eigenvalue weighted by atomic mass is 10.1. The van der Waals surface area contributed by atoms with Gasteiger partial charge in [0.25, 0.3) is 0 Å². The monoisotopic (exact) mass is 1300 g/mol. The number of hydrogen-bond donors (Lipinski definition) is 3. The summed E-state index contributed by atoms with van der Waals surface area (Å²) >= 11 is 0. The molecule has 8 fully saturated rings. The zero-order chi connectivity index (χ0) is 65.3. The topological polar surface area (TPSA) is 129 Å². The van der Waals surface area contributed by atoms with Crippen molar-refractivity contribution in [2.75, 3.05) is 244 Å². The van der Waals surface area contributed by atoms with Gasteiger partial charge in [-0.1, -0.05) is 72.1 Å². The number of likely N-dealkylation sites (N-methyl/N-ethyl adjacent to an activating group) is 2. The summed E-state index contributed by atoms with van der Waals surface area (Å²) < 4.78 is 43.0. The van der Waals surface area contributed by atoms with Crippen molar-refractivity contribution in [3.05, 3.63) is 0 Å². The summed E-state index contributed by atoms with van der Waals surface area (Å²) in [5.74, 6) is 3.89. The van der Waals surface area contributed by atoms with Gasteiger partial charge in [0.05, 0.1) is 65.1 Å². The second-order valence-electron chi connectivity index (χ2n) is 27.7. The lowest BCUT2D eigenvalue weighted by Gasteiger charge is -2.26. The van der Waals surface area contributed by atoms with Crippen LogP contribution in [0.15, 0.2) is 0 Å². The Labute approximate surface area is 562 Å². The third kappa shape index (κ3) is 55.0. The number of morpholine rings is 3. The van der Waals surface area contributed by atoms with Gasteiger partial charge >= 0.3 is 0 Å². The zero-order valence-corrected chi connectivity index (χ0v) is 61.5. The predicted octanol–water partition coefficient (Wildman–Crippen LogP) is 10.7. The highest BCUT2D eigenvalue weighted by Gasteiger charge is 2.29. The first-order valence-electron chi connectivity index (χ1n) is 38.8. The second kappa shape index (κ2) is 60.5. The van der Waals surface area contributed by atoms with Crippen LogP contribution in [0.5, 0.6) is 0 Å². The lowest BCUT2D eigenvalue weighted by molar-refractivity contribution is 0.0367. The van der Waals surface area contributed by atoms with Crippen molar-refractivity contribution >= 4 is 0 Å². The molecule has 4 aliphatic carbocycles. The van der Waals surface area contributed by atoms with E-state index in [2.05, 4.69) is 101 Å². The molecule has 4 saturated carbocycles. The van der Waals surface area contributed by atoms with Gasteiger partial charge < -0.3 is 68.5 Å². The Morgan fingerprint density at radius 3 is 1.47 bits per heavy atom. The summed E-state index contributed by atoms with van der Waals surface area (Å²) in [5.41, 5.74) is 0. The maximum atomic E-state index is 5.54. The van der Waals surface area contributed by atoms with E-state index >= 15 is 0 Å². The van der Waals surface area contributed by atoms with Gasteiger partial charge in [-0.2, -0.15) is 0 Å². The fourth-order valence-corrected chi connectivity index (χ4v) is 11.8. The van der Waals surface area contributed by atoms with E-state index < -0.39 is 0 Å². The van der Waals surface area contributed by atoms with E-state index in [1.807, 2.05) is 6.92 Å². The van der Waals surface area contributed by atoms with Crippen LogP contribution >= 0.6 is 0 Å². The Morgan fingerprint density at radius 2 is 0.967 bits per heavy atom. The molecule has 8 rings (SSSR count). The number of unbranched alkanes of at least 4 members (excludes halogenated alkanes) is 6. The van der Waals surface area contributed by atoms with Gasteiger partial charge in [-0.25, -0.2) is 0 Å². The fraction of sp³-hybridized carbons (Fsp3) is 1.00. The standard InChI is InChI=1S/C15H30N2O.2C13H27NO2.C12H23NO.C11H24N2O.C10H22N2O/c1-2-18-11-3-8-16-9-10-17(12-14-4-5-14)13-15-6-7-15;1-13(2)16-10-6-4-3-5-7-14-8-11-15-12-9-14;1-3-15-12-13(2)6-4-5-7-14-8-10-16-11-9-14;1(2-4-12-5-6-12)3-7-13-8-10-14-11-9-13;1-3-13(4-2)9-7-12-8-10-14-11-5-6-11;1-3-13-8-6-11-9-10-5-4-7-12(10)2/h14-16H,2-13H2,1H3;2*13H,3-12H2,1-2H3;12H,1-11H2;11-12H,3-10H2,1-2H3;10-11H,3-9H2,1-2H3. The summed E-state index contributed by atoms with van der Waals surface area (Å²) in [4.78, 5) is 15.1. The molecule has 8 aliphatic rings. The molecule has 2 unspecified atom stereocenters. The van der Waals surface area contributed by atoms with E-state index in [1.54, 1.807) is 0 Å². The Morgan fingerprint density at radius 1 is 0.462 bits per heavy atom. The molecule has 17 heteroatoms. The number of nitrogens with zero attached hydrogens (tertiary/aromatic N) is 6. The summed E-state index contributed by atoms with van der Waals surface area (Å²) in [7, 11) is 2.21. The van der Waals surface area contributed by atoms with E-state index in [4.69, 9.17) is 37.9 Å². The fourth-order valence-electron chi connectivity index (χ4n) is 11.8. The maximum absolute atomic E-state index is 5.54. The molecule has 0 bridgehead atoms. The minimum absolute atomic E-state index is 0.383. The maximum Gasteiger partial charge on any atom is 0.0594 e. The number of likely N-dealkylation sites (tertiary alicyclic amines) is 1. The van der Waals surface area contributed by atoms with Crippen LogP contribution in [0, 0.1) is 23.7 Å². The van der Waals surface area contributed by atoms with Crippen molar-refractivity contribution < 1.29 is 37.9 Å². The SMILES string of the molecule is C(CCC1CC1)CCN1CCOCC1.CC(C)OCCCCCCN1CCOCC1.CCN(CC)CCNCCOC1CC1.CCOCC(C)CCCCN1CCOCC1.CCOCCCNCCN(CC1CC1)CC1CC1.CCOCCNCC1CCCN1C. The van der Waals surface area contributed by atoms with Gasteiger partial charge in [0.1, 0.15) is 0 Å². The number of hydrogen-bond acceptors (Lipinski definition) is 17. The quantitative estimate of drug-likeness (QED) is 0.0499. The molecule has 4 heterocycles. The first-order valence-corrected chi connectivity index (χ1v) is 38.8. The highest BCUT2D eigenvalue weighted by atomic mass is 16.5. The molecule has 2 atom stereocenters. The first kappa shape index (κ1) is 84.5. The number of nitrogens with one attached hydrogen (secondary N) is 3. The van der Waals surface area contributed by atoms with E-state index in [1.165, 1.54) is 181 Å². The Kier molecular flexibility index (Phi) is 56.2. The molecule has 0 radical (unpaired) electrons. The zero-order valence-electron chi connectivity index (χ0n) is 61.5. The van der Waals surface area contributed by atoms with Gasteiger partial charge in [-0.3, -0.25) is 14.7 Å². The molecule has 0 aromatic rings. The van der Waals surface area contributed by atoms with E-state index in [9.17, 15) is 0 Å². The third-order valence-electron chi connectivity index (χ3n) is 18.7. The van der Waals surface area contributed by atoms with E-state index in [0.29, 0.717) is 18.1 Å². The van der Waals surface area contributed by atoms with Crippen LogP contribution in [0.4, 0.5) is 0 Å². The first-order chi connectivity index (χ1) is 44.7. The normalized spacial score (nSPS) is 20.2. The van der Waals surface area contributed by atoms with Crippen LogP contribution in [0.2, 0.25) is 0 Å².